The van der Waals surface area contributed by atoms with Gasteiger partial charge in [0.2, 0.25) is 0 Å². The van der Waals surface area contributed by atoms with E-state index in [0.717, 1.165) is 5.69 Å². The van der Waals surface area contributed by atoms with Crippen LogP contribution in [0.1, 0.15) is 18.5 Å². The van der Waals surface area contributed by atoms with E-state index < -0.39 is 5.97 Å². The summed E-state index contributed by atoms with van der Waals surface area (Å²) < 4.78 is 0. The van der Waals surface area contributed by atoms with Crippen molar-refractivity contribution in [2.24, 2.45) is 0 Å². The van der Waals surface area contributed by atoms with Gasteiger partial charge in [-0.2, -0.15) is 5.26 Å². The summed E-state index contributed by atoms with van der Waals surface area (Å²) in [5.41, 5.74) is 1.13. The number of anilines is 1. The molecule has 2 N–H and O–H groups in total. The Balaban J connectivity index is 2.38. The molecule has 0 aromatic carbocycles. The molecule has 0 unspecified atom stereocenters. The molecule has 0 saturated heterocycles. The lowest BCUT2D eigenvalue weighted by Crippen LogP contribution is -2.05. The quantitative estimate of drug-likeness (QED) is 0.706. The summed E-state index contributed by atoms with van der Waals surface area (Å²) >= 11 is 0. The van der Waals surface area contributed by atoms with Gasteiger partial charge in [0.1, 0.15) is 11.8 Å². The van der Waals surface area contributed by atoms with Gasteiger partial charge in [0.05, 0.1) is 0 Å². The van der Waals surface area contributed by atoms with Gasteiger partial charge in [-0.05, 0) is 18.6 Å². The van der Waals surface area contributed by atoms with Crippen molar-refractivity contribution in [2.45, 2.75) is 12.8 Å². The number of nitrogens with one attached hydrogen (secondary N) is 1. The first kappa shape index (κ1) is 11.0. The molecule has 0 spiro atoms. The molecule has 5 heteroatoms. The first-order valence-corrected chi connectivity index (χ1v) is 4.54. The number of carbonyl (C=O) groups is 1. The molecule has 0 radical (unpaired) electrons. The van der Waals surface area contributed by atoms with Gasteiger partial charge in [0, 0.05) is 24.8 Å². The van der Waals surface area contributed by atoms with E-state index in [1.54, 1.807) is 12.1 Å². The maximum atomic E-state index is 10.2. The molecule has 0 bridgehead atoms. The highest BCUT2D eigenvalue weighted by Gasteiger charge is 1.97. The smallest absolute Gasteiger partial charge is 0.303 e. The fourth-order valence-corrected chi connectivity index (χ4v) is 1.07. The van der Waals surface area contributed by atoms with Crippen LogP contribution >= 0.6 is 0 Å². The van der Waals surface area contributed by atoms with Crippen LogP contribution in [-0.2, 0) is 4.79 Å². The van der Waals surface area contributed by atoms with Gasteiger partial charge in [-0.25, -0.2) is 4.98 Å². The van der Waals surface area contributed by atoms with Crippen molar-refractivity contribution >= 4 is 11.7 Å². The van der Waals surface area contributed by atoms with Gasteiger partial charge in [-0.3, -0.25) is 4.79 Å². The van der Waals surface area contributed by atoms with Crippen LogP contribution in [0, 0.1) is 11.3 Å². The molecule has 1 heterocycles. The highest BCUT2D eigenvalue weighted by Crippen LogP contribution is 2.07. The fourth-order valence-electron chi connectivity index (χ4n) is 1.07. The molecule has 1 rings (SSSR count). The molecule has 0 amide bonds. The van der Waals surface area contributed by atoms with Crippen molar-refractivity contribution in [2.75, 3.05) is 11.9 Å². The summed E-state index contributed by atoms with van der Waals surface area (Å²) in [6.07, 6.45) is 2.24. The van der Waals surface area contributed by atoms with Crippen molar-refractivity contribution in [3.63, 3.8) is 0 Å². The first-order chi connectivity index (χ1) is 7.22. The van der Waals surface area contributed by atoms with Gasteiger partial charge < -0.3 is 10.4 Å². The Morgan fingerprint density at radius 3 is 3.13 bits per heavy atom. The van der Waals surface area contributed by atoms with Crippen LogP contribution in [0.5, 0.6) is 0 Å². The molecule has 5 nitrogen and oxygen atoms in total. The van der Waals surface area contributed by atoms with Crippen molar-refractivity contribution in [1.82, 2.24) is 4.98 Å². The number of aliphatic carboxylic acids is 1. The molecule has 0 fully saturated rings. The average Bonchev–Trinajstić information content (AvgIpc) is 2.24. The minimum absolute atomic E-state index is 0.142. The Morgan fingerprint density at radius 1 is 1.67 bits per heavy atom. The van der Waals surface area contributed by atoms with E-state index in [1.807, 2.05) is 6.07 Å². The second-order valence-corrected chi connectivity index (χ2v) is 2.97. The summed E-state index contributed by atoms with van der Waals surface area (Å²) in [7, 11) is 0. The first-order valence-electron chi connectivity index (χ1n) is 4.54. The zero-order valence-electron chi connectivity index (χ0n) is 8.10. The lowest BCUT2D eigenvalue weighted by molar-refractivity contribution is -0.137. The molecular weight excluding hydrogens is 194 g/mol. The Labute approximate surface area is 87.4 Å². The van der Waals surface area contributed by atoms with Gasteiger partial charge in [0.25, 0.3) is 0 Å². The molecule has 15 heavy (non-hydrogen) atoms. The number of rotatable bonds is 5. The van der Waals surface area contributed by atoms with Crippen LogP contribution in [0.2, 0.25) is 0 Å². The number of carboxylic acids is 1. The zero-order valence-corrected chi connectivity index (χ0v) is 8.10. The Kier molecular flexibility index (Phi) is 4.10. The molecule has 0 atom stereocenters. The maximum absolute atomic E-state index is 10.2. The highest BCUT2D eigenvalue weighted by atomic mass is 16.4. The van der Waals surface area contributed by atoms with Crippen LogP contribution in [0.4, 0.5) is 5.69 Å². The second-order valence-electron chi connectivity index (χ2n) is 2.97. The summed E-state index contributed by atoms with van der Waals surface area (Å²) in [6.45, 7) is 0.571. The predicted octanol–water partition coefficient (Wildman–Crippen LogP) is 1.23. The number of hydrogen-bond donors (Lipinski definition) is 2. The van der Waals surface area contributed by atoms with Crippen molar-refractivity contribution in [3.05, 3.63) is 24.0 Å². The van der Waals surface area contributed by atoms with E-state index in [2.05, 4.69) is 10.3 Å². The lowest BCUT2D eigenvalue weighted by Gasteiger charge is -2.04. The lowest BCUT2D eigenvalue weighted by atomic mass is 10.3. The topological polar surface area (TPSA) is 86.0 Å². The molecule has 1 aromatic heterocycles. The monoisotopic (exact) mass is 205 g/mol. The summed E-state index contributed by atoms with van der Waals surface area (Å²) in [5.74, 6) is -0.802. The zero-order chi connectivity index (χ0) is 11.1. The Hall–Kier alpha value is -2.09. The third-order valence-corrected chi connectivity index (χ3v) is 1.77. The number of carboxylic acid groups (broad SMARTS) is 1. The van der Waals surface area contributed by atoms with Gasteiger partial charge in [-0.15, -0.1) is 0 Å². The number of nitrogens with zero attached hydrogens (tertiary/aromatic N) is 2. The number of nitriles is 1. The molecule has 0 aliphatic carbocycles. The molecular formula is C10H11N3O2. The SMILES string of the molecule is N#Cc1cc(NCCCC(=O)O)ccn1. The maximum Gasteiger partial charge on any atom is 0.303 e. The summed E-state index contributed by atoms with van der Waals surface area (Å²) in [5, 5.41) is 20.0. The Bertz CT molecular complexity index is 384. The van der Waals surface area contributed by atoms with E-state index >= 15 is 0 Å². The third-order valence-electron chi connectivity index (χ3n) is 1.77. The normalized spacial score (nSPS) is 9.27. The van der Waals surface area contributed by atoms with Gasteiger partial charge in [0.15, 0.2) is 0 Å². The van der Waals surface area contributed by atoms with E-state index in [1.165, 1.54) is 6.20 Å². The van der Waals surface area contributed by atoms with E-state index in [0.29, 0.717) is 18.7 Å². The van der Waals surface area contributed by atoms with Gasteiger partial charge in [-0.1, -0.05) is 0 Å². The van der Waals surface area contributed by atoms with E-state index in [-0.39, 0.29) is 6.42 Å². The second kappa shape index (κ2) is 5.60. The molecule has 78 valence electrons. The summed E-state index contributed by atoms with van der Waals surface area (Å²) in [4.78, 5) is 14.0. The highest BCUT2D eigenvalue weighted by molar-refractivity contribution is 5.66. The molecule has 1 aromatic rings. The van der Waals surface area contributed by atoms with Crippen LogP contribution in [0.25, 0.3) is 0 Å². The third kappa shape index (κ3) is 4.09. The largest absolute Gasteiger partial charge is 0.481 e. The van der Waals surface area contributed by atoms with E-state index in [4.69, 9.17) is 10.4 Å². The van der Waals surface area contributed by atoms with Crippen LogP contribution in [0.3, 0.4) is 0 Å². The number of aromatic nitrogens is 1. The fraction of sp³-hybridized carbons (Fsp3) is 0.300. The van der Waals surface area contributed by atoms with Crippen molar-refractivity contribution in [1.29, 1.82) is 5.26 Å². The number of hydrogen-bond acceptors (Lipinski definition) is 4. The predicted molar refractivity (Wildman–Crippen MR) is 54.3 cm³/mol. The minimum Gasteiger partial charge on any atom is -0.481 e. The standard InChI is InChI=1S/C10H11N3O2/c11-7-9-6-8(3-5-13-9)12-4-1-2-10(14)15/h3,5-6H,1-2,4H2,(H,12,13)(H,14,15). The van der Waals surface area contributed by atoms with Crippen molar-refractivity contribution < 1.29 is 9.90 Å². The minimum atomic E-state index is -0.802. The van der Waals surface area contributed by atoms with E-state index in [9.17, 15) is 4.79 Å². The van der Waals surface area contributed by atoms with Gasteiger partial charge >= 0.3 is 5.97 Å². The van der Waals surface area contributed by atoms with Crippen LogP contribution in [0.15, 0.2) is 18.3 Å². The summed E-state index contributed by atoms with van der Waals surface area (Å²) in [6, 6.07) is 5.29. The average molecular weight is 205 g/mol. The van der Waals surface area contributed by atoms with Crippen LogP contribution in [-0.4, -0.2) is 22.6 Å². The number of pyridine rings is 1. The van der Waals surface area contributed by atoms with Crippen molar-refractivity contribution in [3.8, 4) is 6.07 Å². The molecule has 0 aliphatic rings. The van der Waals surface area contributed by atoms with Crippen LogP contribution < -0.4 is 5.32 Å². The Morgan fingerprint density at radius 2 is 2.47 bits per heavy atom. The molecule has 0 saturated carbocycles. The molecule has 0 aliphatic heterocycles.